The van der Waals surface area contributed by atoms with E-state index in [1.54, 1.807) is 0 Å². The second kappa shape index (κ2) is 11.1. The predicted molar refractivity (Wildman–Crippen MR) is 149 cm³/mol. The highest BCUT2D eigenvalue weighted by Crippen LogP contribution is 2.44. The molecule has 1 aliphatic heterocycles. The predicted octanol–water partition coefficient (Wildman–Crippen LogP) is 2.88. The second-order valence-corrected chi connectivity index (χ2v) is 13.3. The van der Waals surface area contributed by atoms with Crippen LogP contribution < -0.4 is 21.6 Å². The van der Waals surface area contributed by atoms with Crippen molar-refractivity contribution in [3.8, 4) is 5.69 Å². The summed E-state index contributed by atoms with van der Waals surface area (Å²) in [6.07, 6.45) is 5.14. The average Bonchev–Trinajstić information content (AvgIpc) is 3.59. The van der Waals surface area contributed by atoms with Crippen LogP contribution >= 0.6 is 0 Å². The van der Waals surface area contributed by atoms with E-state index in [9.17, 15) is 17.6 Å². The van der Waals surface area contributed by atoms with Crippen molar-refractivity contribution >= 4 is 27.6 Å². The zero-order valence-corrected chi connectivity index (χ0v) is 24.6. The Bertz CT molecular complexity index is 1580. The summed E-state index contributed by atoms with van der Waals surface area (Å²) >= 11 is 0. The number of aryl methyl sites for hydroxylation is 1. The molecule has 0 spiro atoms. The molecule has 2 aromatic heterocycles. The fraction of sp³-hybridized carbons (Fsp3) is 0.560. The maximum absolute atomic E-state index is 15.1. The van der Waals surface area contributed by atoms with Crippen LogP contribution in [0.1, 0.15) is 64.9 Å². The van der Waals surface area contributed by atoms with Gasteiger partial charge in [-0.3, -0.25) is 4.55 Å². The Morgan fingerprint density at radius 3 is 2.22 bits per heavy atom. The average molecular weight is 596 g/mol. The monoisotopic (exact) mass is 595 g/mol. The lowest BCUT2D eigenvalue weighted by molar-refractivity contribution is 0.170. The molecule has 41 heavy (non-hydrogen) atoms. The highest BCUT2D eigenvalue weighted by Gasteiger charge is 2.38. The Morgan fingerprint density at radius 1 is 1.07 bits per heavy atom. The molecule has 0 unspecified atom stereocenters. The van der Waals surface area contributed by atoms with Crippen LogP contribution in [-0.2, 0) is 17.2 Å². The van der Waals surface area contributed by atoms with Gasteiger partial charge in [0.05, 0.1) is 23.8 Å². The molecule has 5 rings (SSSR count). The third-order valence-electron chi connectivity index (χ3n) is 6.60. The summed E-state index contributed by atoms with van der Waals surface area (Å²) in [5, 5.41) is 17.3. The van der Waals surface area contributed by atoms with Gasteiger partial charge in [0, 0.05) is 24.2 Å². The number of halogens is 2. The molecule has 1 saturated heterocycles. The molecule has 2 aliphatic rings. The van der Waals surface area contributed by atoms with E-state index in [4.69, 9.17) is 4.55 Å². The molecule has 224 valence electrons. The first-order valence-corrected chi connectivity index (χ1v) is 14.9. The zero-order chi connectivity index (χ0) is 30.3. The fourth-order valence-corrected chi connectivity index (χ4v) is 5.31. The molecular weight excluding hydrogens is 560 g/mol. The SMILES string of the molecule is CS(=O)(=O)O.Cn1nnn(-c2cc(Nc3ncc(F)c(NC4CC(C)(C)NC(C)(C)C4)n3)c(F)cc2C2CC2)c1=O. The van der Waals surface area contributed by atoms with Crippen LogP contribution in [0.2, 0.25) is 0 Å². The van der Waals surface area contributed by atoms with Gasteiger partial charge in [-0.05, 0) is 87.4 Å². The first kappa shape index (κ1) is 30.5. The van der Waals surface area contributed by atoms with E-state index in [0.717, 1.165) is 41.2 Å². The molecule has 13 nitrogen and oxygen atoms in total. The maximum atomic E-state index is 15.1. The summed E-state index contributed by atoms with van der Waals surface area (Å²) in [6, 6.07) is 2.88. The molecular formula is C25H35F2N9O4S. The van der Waals surface area contributed by atoms with Crippen molar-refractivity contribution in [1.82, 2.24) is 35.1 Å². The molecule has 3 aromatic rings. The second-order valence-electron chi connectivity index (χ2n) is 11.9. The van der Waals surface area contributed by atoms with Crippen LogP contribution in [-0.4, -0.2) is 66.1 Å². The van der Waals surface area contributed by atoms with Crippen molar-refractivity contribution in [2.45, 2.75) is 76.4 Å². The number of hydrogen-bond donors (Lipinski definition) is 4. The number of aromatic nitrogens is 6. The van der Waals surface area contributed by atoms with Gasteiger partial charge in [0.25, 0.3) is 10.1 Å². The van der Waals surface area contributed by atoms with Gasteiger partial charge in [-0.2, -0.15) is 22.8 Å². The highest BCUT2D eigenvalue weighted by molar-refractivity contribution is 7.85. The van der Waals surface area contributed by atoms with E-state index >= 15 is 4.39 Å². The zero-order valence-electron chi connectivity index (χ0n) is 23.7. The molecule has 1 saturated carbocycles. The lowest BCUT2D eigenvalue weighted by Crippen LogP contribution is -2.60. The van der Waals surface area contributed by atoms with Crippen molar-refractivity contribution in [3.63, 3.8) is 0 Å². The summed E-state index contributed by atoms with van der Waals surface area (Å²) in [5.41, 5.74) is 0.481. The Kier molecular flexibility index (Phi) is 8.21. The van der Waals surface area contributed by atoms with Crippen LogP contribution in [0.3, 0.4) is 0 Å². The summed E-state index contributed by atoms with van der Waals surface area (Å²) in [5.74, 6) is -0.880. The maximum Gasteiger partial charge on any atom is 0.368 e. The molecule has 0 bridgehead atoms. The van der Waals surface area contributed by atoms with Gasteiger partial charge >= 0.3 is 5.69 Å². The van der Waals surface area contributed by atoms with Gasteiger partial charge in [0.15, 0.2) is 11.6 Å². The number of benzene rings is 1. The van der Waals surface area contributed by atoms with Gasteiger partial charge in [-0.1, -0.05) is 0 Å². The van der Waals surface area contributed by atoms with Crippen LogP contribution in [0, 0.1) is 11.6 Å². The van der Waals surface area contributed by atoms with E-state index in [1.165, 1.54) is 19.2 Å². The summed E-state index contributed by atoms with van der Waals surface area (Å²) in [6.45, 7) is 8.44. The molecule has 1 aromatic carbocycles. The summed E-state index contributed by atoms with van der Waals surface area (Å²) < 4.78 is 57.9. The van der Waals surface area contributed by atoms with Crippen molar-refractivity contribution in [2.24, 2.45) is 7.05 Å². The van der Waals surface area contributed by atoms with E-state index in [2.05, 4.69) is 64.0 Å². The molecule has 0 atom stereocenters. The lowest BCUT2D eigenvalue weighted by atomic mass is 9.79. The lowest BCUT2D eigenvalue weighted by Gasteiger charge is -2.46. The van der Waals surface area contributed by atoms with Gasteiger partial charge in [-0.25, -0.2) is 18.6 Å². The fourth-order valence-electron chi connectivity index (χ4n) is 5.31. The van der Waals surface area contributed by atoms with Gasteiger partial charge in [0.1, 0.15) is 5.82 Å². The molecule has 2 fully saturated rings. The molecule has 0 radical (unpaired) electrons. The number of nitrogens with one attached hydrogen (secondary N) is 3. The third kappa shape index (κ3) is 8.04. The molecule has 4 N–H and O–H groups in total. The highest BCUT2D eigenvalue weighted by atomic mass is 32.2. The Hall–Kier alpha value is -3.50. The van der Waals surface area contributed by atoms with Crippen LogP contribution in [0.5, 0.6) is 0 Å². The molecule has 1 aliphatic carbocycles. The van der Waals surface area contributed by atoms with Crippen LogP contribution in [0.4, 0.5) is 26.2 Å². The van der Waals surface area contributed by atoms with Crippen LogP contribution in [0.25, 0.3) is 5.69 Å². The van der Waals surface area contributed by atoms with E-state index in [-0.39, 0.29) is 40.5 Å². The normalized spacial score (nSPS) is 18.4. The third-order valence-corrected chi connectivity index (χ3v) is 6.60. The Morgan fingerprint density at radius 2 is 1.68 bits per heavy atom. The van der Waals surface area contributed by atoms with Crippen molar-refractivity contribution in [1.29, 1.82) is 0 Å². The quantitative estimate of drug-likeness (QED) is 0.309. The standard InChI is InChI=1S/C24H31F2N9O.CH4O3S/c1-23(2)10-14(11-24(3,4)31-23)28-20-17(26)12-27-21(30-20)29-18-9-19(35-22(36)34(5)32-33-35)15(8-16(18)25)13-6-7-13;1-5(2,3)4/h8-9,12-14,31H,6-7,10-11H2,1-5H3,(H2,27,28,29,30);1H3,(H,2,3,4). The van der Waals surface area contributed by atoms with Crippen molar-refractivity contribution < 1.29 is 21.8 Å². The minimum atomic E-state index is -3.67. The van der Waals surface area contributed by atoms with Crippen molar-refractivity contribution in [2.75, 3.05) is 16.9 Å². The molecule has 0 amide bonds. The first-order chi connectivity index (χ1) is 18.9. The number of nitrogens with zero attached hydrogens (tertiary/aromatic N) is 6. The van der Waals surface area contributed by atoms with Crippen molar-refractivity contribution in [3.05, 3.63) is 46.0 Å². The van der Waals surface area contributed by atoms with Gasteiger partial charge in [0.2, 0.25) is 5.95 Å². The number of piperidine rings is 1. The molecule has 16 heteroatoms. The topological polar surface area (TPSA) is 169 Å². The number of anilines is 3. The number of hydrogen-bond acceptors (Lipinski definition) is 10. The molecule has 3 heterocycles. The minimum absolute atomic E-state index is 0.0156. The largest absolute Gasteiger partial charge is 0.368 e. The van der Waals surface area contributed by atoms with E-state index in [1.807, 2.05) is 0 Å². The van der Waals surface area contributed by atoms with Crippen LogP contribution in [0.15, 0.2) is 23.1 Å². The first-order valence-electron chi connectivity index (χ1n) is 13.0. The van der Waals surface area contributed by atoms with E-state index in [0.29, 0.717) is 17.5 Å². The number of rotatable bonds is 6. The summed E-state index contributed by atoms with van der Waals surface area (Å²) in [4.78, 5) is 20.8. The Balaban J connectivity index is 0.000000714. The smallest absolute Gasteiger partial charge is 0.365 e. The number of tetrazole rings is 1. The van der Waals surface area contributed by atoms with Gasteiger partial charge in [-0.15, -0.1) is 0 Å². The summed E-state index contributed by atoms with van der Waals surface area (Å²) in [7, 11) is -2.17. The Labute approximate surface area is 236 Å². The minimum Gasteiger partial charge on any atom is -0.365 e. The van der Waals surface area contributed by atoms with E-state index < -0.39 is 27.4 Å². The van der Waals surface area contributed by atoms with Gasteiger partial charge < -0.3 is 16.0 Å².